The van der Waals surface area contributed by atoms with E-state index in [1.165, 1.54) is 0 Å². The molecule has 2 rings (SSSR count). The van der Waals surface area contributed by atoms with E-state index in [1.807, 2.05) is 12.1 Å². The number of carbonyl (C=O) groups excluding carboxylic acids is 2. The fraction of sp³-hybridized carbons (Fsp3) is 0.273. The zero-order chi connectivity index (χ0) is 11.4. The van der Waals surface area contributed by atoms with E-state index in [4.69, 9.17) is 4.74 Å². The third kappa shape index (κ3) is 2.76. The number of amides is 1. The summed E-state index contributed by atoms with van der Waals surface area (Å²) in [7, 11) is 0. The molecule has 0 bridgehead atoms. The van der Waals surface area contributed by atoms with Gasteiger partial charge in [-0.1, -0.05) is 12.1 Å². The summed E-state index contributed by atoms with van der Waals surface area (Å²) in [5.74, 6) is 0.721. The second-order valence-corrected chi connectivity index (χ2v) is 4.50. The minimum atomic E-state index is -0.345. The van der Waals surface area contributed by atoms with Crippen molar-refractivity contribution in [2.75, 3.05) is 12.3 Å². The van der Waals surface area contributed by atoms with Crippen molar-refractivity contribution < 1.29 is 14.3 Å². The highest BCUT2D eigenvalue weighted by Gasteiger charge is 2.22. The monoisotopic (exact) mass is 237 g/mol. The molecule has 0 aliphatic carbocycles. The number of rotatable bonds is 4. The van der Waals surface area contributed by atoms with Crippen LogP contribution < -0.4 is 5.32 Å². The number of cyclic esters (lactones) is 1. The minimum Gasteiger partial charge on any atom is -0.443 e. The van der Waals surface area contributed by atoms with Gasteiger partial charge in [0.05, 0.1) is 6.54 Å². The van der Waals surface area contributed by atoms with Crippen LogP contribution in [0.2, 0.25) is 0 Å². The van der Waals surface area contributed by atoms with Gasteiger partial charge >= 0.3 is 6.09 Å². The van der Waals surface area contributed by atoms with E-state index in [-0.39, 0.29) is 12.2 Å². The van der Waals surface area contributed by atoms with E-state index in [1.54, 1.807) is 23.9 Å². The summed E-state index contributed by atoms with van der Waals surface area (Å²) in [5, 5.41) is 2.60. The van der Waals surface area contributed by atoms with Gasteiger partial charge in [-0.05, 0) is 12.1 Å². The number of thioether (sulfide) groups is 1. The van der Waals surface area contributed by atoms with E-state index in [0.717, 1.165) is 16.9 Å². The van der Waals surface area contributed by atoms with Gasteiger partial charge in [0, 0.05) is 16.2 Å². The highest BCUT2D eigenvalue weighted by Crippen LogP contribution is 2.20. The molecular formula is C11H11NO3S. The summed E-state index contributed by atoms with van der Waals surface area (Å²) in [5.41, 5.74) is 0.665. The zero-order valence-electron chi connectivity index (χ0n) is 8.51. The maximum Gasteiger partial charge on any atom is 0.407 e. The maximum atomic E-state index is 10.8. The van der Waals surface area contributed by atoms with Gasteiger partial charge in [-0.2, -0.15) is 0 Å². The average Bonchev–Trinajstić information content (AvgIpc) is 2.73. The Morgan fingerprint density at radius 2 is 2.19 bits per heavy atom. The van der Waals surface area contributed by atoms with E-state index in [9.17, 15) is 9.59 Å². The maximum absolute atomic E-state index is 10.8. The lowest BCUT2D eigenvalue weighted by Crippen LogP contribution is -2.16. The Balaban J connectivity index is 1.84. The number of ether oxygens (including phenoxy) is 1. The summed E-state index contributed by atoms with van der Waals surface area (Å²) in [6.45, 7) is 0.568. The Labute approximate surface area is 97.4 Å². The summed E-state index contributed by atoms with van der Waals surface area (Å²) in [4.78, 5) is 22.3. The molecule has 0 spiro atoms. The van der Waals surface area contributed by atoms with Crippen LogP contribution in [0.4, 0.5) is 4.79 Å². The van der Waals surface area contributed by atoms with Crippen molar-refractivity contribution in [3.63, 3.8) is 0 Å². The van der Waals surface area contributed by atoms with Gasteiger partial charge in [0.2, 0.25) is 0 Å². The Kier molecular flexibility index (Phi) is 3.46. The standard InChI is InChI=1S/C11H11NO3S/c13-6-8-1-3-10(4-2-8)16-7-9-5-12-11(14)15-9/h1-4,6,9H,5,7H2,(H,12,14). The first-order chi connectivity index (χ1) is 7.78. The summed E-state index contributed by atoms with van der Waals surface area (Å²) in [6, 6.07) is 7.32. The Bertz CT molecular complexity index is 391. The van der Waals surface area contributed by atoms with E-state index < -0.39 is 0 Å². The van der Waals surface area contributed by atoms with E-state index >= 15 is 0 Å². The van der Waals surface area contributed by atoms with Gasteiger partial charge in [-0.15, -0.1) is 11.8 Å². The number of alkyl carbamates (subject to hydrolysis) is 1. The topological polar surface area (TPSA) is 55.4 Å². The average molecular weight is 237 g/mol. The molecule has 1 saturated heterocycles. The summed E-state index contributed by atoms with van der Waals surface area (Å²) < 4.78 is 5.00. The molecule has 1 aliphatic rings. The first kappa shape index (κ1) is 11.0. The van der Waals surface area contributed by atoms with Crippen LogP contribution in [0.3, 0.4) is 0 Å². The highest BCUT2D eigenvalue weighted by atomic mass is 32.2. The molecule has 4 nitrogen and oxygen atoms in total. The first-order valence-electron chi connectivity index (χ1n) is 4.90. The predicted molar refractivity (Wildman–Crippen MR) is 60.8 cm³/mol. The third-order valence-electron chi connectivity index (χ3n) is 2.20. The molecule has 16 heavy (non-hydrogen) atoms. The molecule has 84 valence electrons. The highest BCUT2D eigenvalue weighted by molar-refractivity contribution is 7.99. The second-order valence-electron chi connectivity index (χ2n) is 3.41. The van der Waals surface area contributed by atoms with Crippen molar-refractivity contribution in [3.05, 3.63) is 29.8 Å². The molecule has 5 heteroatoms. The van der Waals surface area contributed by atoms with Crippen LogP contribution in [0.5, 0.6) is 0 Å². The minimum absolute atomic E-state index is 0.0664. The SMILES string of the molecule is O=Cc1ccc(SCC2CNC(=O)O2)cc1. The van der Waals surface area contributed by atoms with Crippen molar-refractivity contribution >= 4 is 24.1 Å². The molecule has 1 aromatic carbocycles. The molecule has 1 fully saturated rings. The molecular weight excluding hydrogens is 226 g/mol. The quantitative estimate of drug-likeness (QED) is 0.639. The predicted octanol–water partition coefficient (Wildman–Crippen LogP) is 1.70. The van der Waals surface area contributed by atoms with Gasteiger partial charge in [0.25, 0.3) is 0 Å². The number of benzene rings is 1. The molecule has 0 aromatic heterocycles. The number of nitrogens with one attached hydrogen (secondary N) is 1. The lowest BCUT2D eigenvalue weighted by molar-refractivity contribution is 0.112. The van der Waals surface area contributed by atoms with Crippen LogP contribution >= 0.6 is 11.8 Å². The zero-order valence-corrected chi connectivity index (χ0v) is 9.33. The lowest BCUT2D eigenvalue weighted by Gasteiger charge is -2.06. The smallest absolute Gasteiger partial charge is 0.407 e. The Morgan fingerprint density at radius 1 is 1.44 bits per heavy atom. The molecule has 1 amide bonds. The molecule has 1 aliphatic heterocycles. The molecule has 1 aromatic rings. The normalized spacial score (nSPS) is 19.0. The van der Waals surface area contributed by atoms with Crippen molar-refractivity contribution in [1.29, 1.82) is 0 Å². The van der Waals surface area contributed by atoms with Crippen LogP contribution in [-0.2, 0) is 4.74 Å². The van der Waals surface area contributed by atoms with Crippen molar-refractivity contribution in [2.24, 2.45) is 0 Å². The van der Waals surface area contributed by atoms with Crippen molar-refractivity contribution in [2.45, 2.75) is 11.0 Å². The van der Waals surface area contributed by atoms with Crippen LogP contribution in [0.1, 0.15) is 10.4 Å². The first-order valence-corrected chi connectivity index (χ1v) is 5.89. The van der Waals surface area contributed by atoms with Crippen LogP contribution in [0.25, 0.3) is 0 Å². The number of hydrogen-bond donors (Lipinski definition) is 1. The molecule has 1 heterocycles. The number of carbonyl (C=O) groups is 2. The lowest BCUT2D eigenvalue weighted by atomic mass is 10.2. The molecule has 1 N–H and O–H groups in total. The molecule has 1 unspecified atom stereocenters. The van der Waals surface area contributed by atoms with Gasteiger partial charge in [-0.3, -0.25) is 4.79 Å². The summed E-state index contributed by atoms with van der Waals surface area (Å²) >= 11 is 1.61. The van der Waals surface area contributed by atoms with Crippen LogP contribution in [0, 0.1) is 0 Å². The van der Waals surface area contributed by atoms with Gasteiger partial charge in [0.1, 0.15) is 12.4 Å². The Hall–Kier alpha value is -1.49. The summed E-state index contributed by atoms with van der Waals surface area (Å²) in [6.07, 6.45) is 0.405. The third-order valence-corrected chi connectivity index (χ3v) is 3.34. The van der Waals surface area contributed by atoms with Crippen LogP contribution in [0.15, 0.2) is 29.2 Å². The van der Waals surface area contributed by atoms with Gasteiger partial charge in [0.15, 0.2) is 0 Å². The van der Waals surface area contributed by atoms with E-state index in [0.29, 0.717) is 12.1 Å². The molecule has 0 saturated carbocycles. The number of hydrogen-bond acceptors (Lipinski definition) is 4. The van der Waals surface area contributed by atoms with E-state index in [2.05, 4.69) is 5.32 Å². The fourth-order valence-electron chi connectivity index (χ4n) is 1.36. The van der Waals surface area contributed by atoms with Crippen molar-refractivity contribution in [3.8, 4) is 0 Å². The number of aldehydes is 1. The fourth-order valence-corrected chi connectivity index (χ4v) is 2.25. The largest absolute Gasteiger partial charge is 0.443 e. The Morgan fingerprint density at radius 3 is 2.75 bits per heavy atom. The van der Waals surface area contributed by atoms with Crippen molar-refractivity contribution in [1.82, 2.24) is 5.32 Å². The molecule has 0 radical (unpaired) electrons. The second kappa shape index (κ2) is 5.03. The molecule has 1 atom stereocenters. The van der Waals surface area contributed by atoms with Crippen LogP contribution in [-0.4, -0.2) is 30.8 Å². The van der Waals surface area contributed by atoms with Gasteiger partial charge < -0.3 is 10.1 Å². The van der Waals surface area contributed by atoms with Gasteiger partial charge in [-0.25, -0.2) is 4.79 Å².